The van der Waals surface area contributed by atoms with Crippen LogP contribution in [-0.2, 0) is 4.74 Å². The van der Waals surface area contributed by atoms with Gasteiger partial charge in [0.05, 0.1) is 12.2 Å². The van der Waals surface area contributed by atoms with Gasteiger partial charge in [-0.2, -0.15) is 0 Å². The van der Waals surface area contributed by atoms with Crippen LogP contribution in [0.3, 0.4) is 0 Å². The van der Waals surface area contributed by atoms with E-state index in [2.05, 4.69) is 6.92 Å². The molecule has 0 aromatic heterocycles. The van der Waals surface area contributed by atoms with E-state index in [-0.39, 0.29) is 18.2 Å². The number of ether oxygens (including phenoxy) is 2. The predicted octanol–water partition coefficient (Wildman–Crippen LogP) is 3.29. The van der Waals surface area contributed by atoms with Gasteiger partial charge in [-0.25, -0.2) is 0 Å². The van der Waals surface area contributed by atoms with Gasteiger partial charge in [-0.3, -0.25) is 0 Å². The molecule has 0 radical (unpaired) electrons. The van der Waals surface area contributed by atoms with Crippen LogP contribution in [-0.4, -0.2) is 19.3 Å². The van der Waals surface area contributed by atoms with Crippen molar-refractivity contribution in [1.82, 2.24) is 0 Å². The van der Waals surface area contributed by atoms with Crippen LogP contribution in [0.15, 0.2) is 24.3 Å². The number of rotatable bonds is 7. The Balaban J connectivity index is 2.50. The van der Waals surface area contributed by atoms with E-state index < -0.39 is 0 Å². The molecule has 0 spiro atoms. The fraction of sp³-hybridized carbons (Fsp3) is 0.600. The average Bonchev–Trinajstić information content (AvgIpc) is 2.35. The van der Waals surface area contributed by atoms with Crippen molar-refractivity contribution < 1.29 is 9.47 Å². The Morgan fingerprint density at radius 2 is 1.67 bits per heavy atom. The molecule has 3 nitrogen and oxygen atoms in total. The van der Waals surface area contributed by atoms with Gasteiger partial charge in [0.15, 0.2) is 0 Å². The summed E-state index contributed by atoms with van der Waals surface area (Å²) < 4.78 is 10.8. The standard InChI is InChI=1S/C15H25NO2/c1-11(2)18-14-8-6-13(7-9-14)15(16)10-5-12(3)17-4/h6-9,11-12,15H,5,10,16H2,1-4H3. The molecule has 0 saturated heterocycles. The molecule has 1 aromatic rings. The SMILES string of the molecule is COC(C)CCC(N)c1ccc(OC(C)C)cc1. The van der Waals surface area contributed by atoms with Gasteiger partial charge in [0.25, 0.3) is 0 Å². The van der Waals surface area contributed by atoms with E-state index in [1.807, 2.05) is 38.1 Å². The summed E-state index contributed by atoms with van der Waals surface area (Å²) in [5, 5.41) is 0. The Morgan fingerprint density at radius 1 is 1.06 bits per heavy atom. The van der Waals surface area contributed by atoms with Gasteiger partial charge in [-0.1, -0.05) is 12.1 Å². The number of nitrogens with two attached hydrogens (primary N) is 1. The van der Waals surface area contributed by atoms with Crippen LogP contribution in [0.5, 0.6) is 5.75 Å². The molecule has 3 heteroatoms. The first-order chi connectivity index (χ1) is 8.52. The summed E-state index contributed by atoms with van der Waals surface area (Å²) in [6.07, 6.45) is 2.37. The summed E-state index contributed by atoms with van der Waals surface area (Å²) in [7, 11) is 1.73. The Labute approximate surface area is 110 Å². The number of hydrogen-bond donors (Lipinski definition) is 1. The zero-order valence-corrected chi connectivity index (χ0v) is 11.8. The lowest BCUT2D eigenvalue weighted by molar-refractivity contribution is 0.107. The van der Waals surface area contributed by atoms with E-state index in [1.54, 1.807) is 7.11 Å². The van der Waals surface area contributed by atoms with E-state index in [4.69, 9.17) is 15.2 Å². The molecule has 0 saturated carbocycles. The molecule has 2 N–H and O–H groups in total. The second-order valence-electron chi connectivity index (χ2n) is 4.97. The maximum Gasteiger partial charge on any atom is 0.119 e. The molecule has 2 unspecified atom stereocenters. The zero-order chi connectivity index (χ0) is 13.5. The van der Waals surface area contributed by atoms with Crippen molar-refractivity contribution in [2.24, 2.45) is 5.73 Å². The highest BCUT2D eigenvalue weighted by Gasteiger charge is 2.09. The van der Waals surface area contributed by atoms with Gasteiger partial charge in [0.2, 0.25) is 0 Å². The largest absolute Gasteiger partial charge is 0.491 e. The highest BCUT2D eigenvalue weighted by atomic mass is 16.5. The van der Waals surface area contributed by atoms with Crippen LogP contribution in [0, 0.1) is 0 Å². The average molecular weight is 251 g/mol. The van der Waals surface area contributed by atoms with Crippen molar-refractivity contribution in [3.8, 4) is 5.75 Å². The lowest BCUT2D eigenvalue weighted by Gasteiger charge is -2.16. The summed E-state index contributed by atoms with van der Waals surface area (Å²) in [4.78, 5) is 0. The quantitative estimate of drug-likeness (QED) is 0.808. The van der Waals surface area contributed by atoms with Crippen LogP contribution in [0.1, 0.15) is 45.2 Å². The van der Waals surface area contributed by atoms with Crippen molar-refractivity contribution in [3.05, 3.63) is 29.8 Å². The molecule has 1 aromatic carbocycles. The maximum absolute atomic E-state index is 6.15. The van der Waals surface area contributed by atoms with Crippen molar-refractivity contribution in [3.63, 3.8) is 0 Å². The highest BCUT2D eigenvalue weighted by molar-refractivity contribution is 5.29. The van der Waals surface area contributed by atoms with E-state index in [9.17, 15) is 0 Å². The Morgan fingerprint density at radius 3 is 2.17 bits per heavy atom. The lowest BCUT2D eigenvalue weighted by atomic mass is 10.0. The first-order valence-electron chi connectivity index (χ1n) is 6.58. The monoisotopic (exact) mass is 251 g/mol. The Bertz CT molecular complexity index is 335. The van der Waals surface area contributed by atoms with Gasteiger partial charge >= 0.3 is 0 Å². The molecule has 0 amide bonds. The molecule has 102 valence electrons. The molecule has 0 aliphatic rings. The molecular weight excluding hydrogens is 226 g/mol. The van der Waals surface area contributed by atoms with Crippen LogP contribution in [0.2, 0.25) is 0 Å². The summed E-state index contributed by atoms with van der Waals surface area (Å²) >= 11 is 0. The van der Waals surface area contributed by atoms with Crippen molar-refractivity contribution in [2.45, 2.75) is 51.9 Å². The van der Waals surface area contributed by atoms with Gasteiger partial charge < -0.3 is 15.2 Å². The predicted molar refractivity (Wildman–Crippen MR) is 74.8 cm³/mol. The molecule has 2 atom stereocenters. The molecule has 1 rings (SSSR count). The first kappa shape index (κ1) is 15.0. The number of benzene rings is 1. The minimum Gasteiger partial charge on any atom is -0.491 e. The molecule has 18 heavy (non-hydrogen) atoms. The fourth-order valence-electron chi connectivity index (χ4n) is 1.76. The van der Waals surface area contributed by atoms with E-state index in [1.165, 1.54) is 0 Å². The minimum absolute atomic E-state index is 0.0655. The highest BCUT2D eigenvalue weighted by Crippen LogP contribution is 2.21. The second kappa shape index (κ2) is 7.39. The van der Waals surface area contributed by atoms with E-state index in [0.29, 0.717) is 0 Å². The maximum atomic E-state index is 6.15. The van der Waals surface area contributed by atoms with Gasteiger partial charge in [-0.15, -0.1) is 0 Å². The summed E-state index contributed by atoms with van der Waals surface area (Å²) in [6.45, 7) is 6.10. The summed E-state index contributed by atoms with van der Waals surface area (Å²) in [5.41, 5.74) is 7.30. The zero-order valence-electron chi connectivity index (χ0n) is 11.8. The Hall–Kier alpha value is -1.06. The third-order valence-corrected chi connectivity index (χ3v) is 2.97. The molecule has 0 aliphatic heterocycles. The fourth-order valence-corrected chi connectivity index (χ4v) is 1.76. The molecule has 0 heterocycles. The molecule has 0 fully saturated rings. The van der Waals surface area contributed by atoms with Crippen LogP contribution in [0.4, 0.5) is 0 Å². The van der Waals surface area contributed by atoms with Gasteiger partial charge in [-0.05, 0) is 51.3 Å². The smallest absolute Gasteiger partial charge is 0.119 e. The van der Waals surface area contributed by atoms with Crippen molar-refractivity contribution in [2.75, 3.05) is 7.11 Å². The van der Waals surface area contributed by atoms with Crippen LogP contribution >= 0.6 is 0 Å². The third-order valence-electron chi connectivity index (χ3n) is 2.97. The number of hydrogen-bond acceptors (Lipinski definition) is 3. The summed E-state index contributed by atoms with van der Waals surface area (Å²) in [6, 6.07) is 8.11. The van der Waals surface area contributed by atoms with Crippen molar-refractivity contribution >= 4 is 0 Å². The molecule has 0 bridgehead atoms. The normalized spacial score (nSPS) is 14.6. The Kier molecular flexibility index (Phi) is 6.16. The van der Waals surface area contributed by atoms with Crippen molar-refractivity contribution in [1.29, 1.82) is 0 Å². The van der Waals surface area contributed by atoms with Crippen LogP contribution in [0.25, 0.3) is 0 Å². The summed E-state index contributed by atoms with van der Waals surface area (Å²) in [5.74, 6) is 0.895. The van der Waals surface area contributed by atoms with E-state index in [0.717, 1.165) is 24.2 Å². The first-order valence-corrected chi connectivity index (χ1v) is 6.58. The van der Waals surface area contributed by atoms with Gasteiger partial charge in [0.1, 0.15) is 5.75 Å². The lowest BCUT2D eigenvalue weighted by Crippen LogP contribution is -2.14. The second-order valence-corrected chi connectivity index (χ2v) is 4.97. The van der Waals surface area contributed by atoms with Crippen LogP contribution < -0.4 is 10.5 Å². The molecular formula is C15H25NO2. The number of methoxy groups -OCH3 is 1. The topological polar surface area (TPSA) is 44.5 Å². The van der Waals surface area contributed by atoms with E-state index >= 15 is 0 Å². The van der Waals surface area contributed by atoms with Gasteiger partial charge in [0, 0.05) is 13.2 Å². The minimum atomic E-state index is 0.0655. The third kappa shape index (κ3) is 5.07. The molecule has 0 aliphatic carbocycles.